The standard InChI is InChI=1S/C12H9F2N3S/c1-18-12(10-5-6-15-7-16-10)17-11-8(13)3-2-4-9(11)14/h2-7H,1H3. The van der Waals surface area contributed by atoms with Crippen LogP contribution in [0.1, 0.15) is 5.69 Å². The summed E-state index contributed by atoms with van der Waals surface area (Å²) in [7, 11) is 0. The lowest BCUT2D eigenvalue weighted by Crippen LogP contribution is -1.99. The zero-order chi connectivity index (χ0) is 13.0. The summed E-state index contributed by atoms with van der Waals surface area (Å²) in [6.45, 7) is 0. The van der Waals surface area contributed by atoms with E-state index >= 15 is 0 Å². The molecule has 0 aliphatic heterocycles. The number of halogens is 2. The molecule has 0 saturated heterocycles. The molecule has 0 bridgehead atoms. The summed E-state index contributed by atoms with van der Waals surface area (Å²) in [5.74, 6) is -1.40. The lowest BCUT2D eigenvalue weighted by Gasteiger charge is -2.03. The Morgan fingerprint density at radius 1 is 1.22 bits per heavy atom. The van der Waals surface area contributed by atoms with E-state index in [1.54, 1.807) is 18.5 Å². The smallest absolute Gasteiger partial charge is 0.151 e. The topological polar surface area (TPSA) is 38.1 Å². The molecule has 0 unspecified atom stereocenters. The van der Waals surface area contributed by atoms with Gasteiger partial charge in [-0.3, -0.25) is 0 Å². The first kappa shape index (κ1) is 12.6. The quantitative estimate of drug-likeness (QED) is 0.618. The lowest BCUT2D eigenvalue weighted by molar-refractivity contribution is 0.587. The molecular formula is C12H9F2N3S. The SMILES string of the molecule is CSC(=Nc1c(F)cccc1F)c1ccncn1. The van der Waals surface area contributed by atoms with E-state index < -0.39 is 11.6 Å². The lowest BCUT2D eigenvalue weighted by atomic mass is 10.3. The molecule has 1 aromatic carbocycles. The molecule has 0 fully saturated rings. The van der Waals surface area contributed by atoms with Crippen molar-refractivity contribution in [2.45, 2.75) is 0 Å². The molecule has 3 nitrogen and oxygen atoms in total. The highest BCUT2D eigenvalue weighted by atomic mass is 32.2. The Morgan fingerprint density at radius 3 is 2.50 bits per heavy atom. The van der Waals surface area contributed by atoms with E-state index in [9.17, 15) is 8.78 Å². The number of rotatable bonds is 2. The molecule has 0 aliphatic carbocycles. The molecule has 92 valence electrons. The average Bonchev–Trinajstić information content (AvgIpc) is 2.40. The van der Waals surface area contributed by atoms with Gasteiger partial charge in [0.1, 0.15) is 17.1 Å². The van der Waals surface area contributed by atoms with Gasteiger partial charge < -0.3 is 0 Å². The number of benzene rings is 1. The zero-order valence-electron chi connectivity index (χ0n) is 9.47. The van der Waals surface area contributed by atoms with Gasteiger partial charge in [0.25, 0.3) is 0 Å². The predicted octanol–water partition coefficient (Wildman–Crippen LogP) is 3.20. The Bertz CT molecular complexity index is 553. The minimum absolute atomic E-state index is 0.305. The van der Waals surface area contributed by atoms with Crippen LogP contribution in [-0.4, -0.2) is 21.3 Å². The molecule has 0 amide bonds. The van der Waals surface area contributed by atoms with E-state index in [-0.39, 0.29) is 5.69 Å². The molecule has 0 radical (unpaired) electrons. The van der Waals surface area contributed by atoms with Gasteiger partial charge in [0.2, 0.25) is 0 Å². The van der Waals surface area contributed by atoms with Crippen LogP contribution in [0.5, 0.6) is 0 Å². The maximum atomic E-state index is 13.5. The van der Waals surface area contributed by atoms with Crippen LogP contribution < -0.4 is 0 Å². The molecular weight excluding hydrogens is 256 g/mol. The van der Waals surface area contributed by atoms with Crippen molar-refractivity contribution in [1.82, 2.24) is 9.97 Å². The number of nitrogens with zero attached hydrogens (tertiary/aromatic N) is 3. The average molecular weight is 265 g/mol. The Hall–Kier alpha value is -1.82. The number of para-hydroxylation sites is 1. The second-order valence-corrected chi connectivity index (χ2v) is 4.08. The summed E-state index contributed by atoms with van der Waals surface area (Å²) in [5, 5.41) is 0.432. The van der Waals surface area contributed by atoms with Crippen molar-refractivity contribution in [3.8, 4) is 0 Å². The van der Waals surface area contributed by atoms with Gasteiger partial charge in [-0.2, -0.15) is 0 Å². The molecule has 0 atom stereocenters. The summed E-state index contributed by atoms with van der Waals surface area (Å²) < 4.78 is 26.9. The maximum absolute atomic E-state index is 13.5. The van der Waals surface area contributed by atoms with Crippen molar-refractivity contribution >= 4 is 22.5 Å². The van der Waals surface area contributed by atoms with Crippen molar-refractivity contribution in [3.63, 3.8) is 0 Å². The van der Waals surface area contributed by atoms with Gasteiger partial charge in [-0.1, -0.05) is 6.07 Å². The van der Waals surface area contributed by atoms with Crippen molar-refractivity contribution < 1.29 is 8.78 Å². The van der Waals surface area contributed by atoms with Crippen LogP contribution in [0.2, 0.25) is 0 Å². The first-order chi connectivity index (χ1) is 8.72. The van der Waals surface area contributed by atoms with Crippen molar-refractivity contribution in [1.29, 1.82) is 0 Å². The van der Waals surface area contributed by atoms with E-state index in [1.807, 2.05) is 0 Å². The molecule has 2 aromatic rings. The van der Waals surface area contributed by atoms with E-state index in [2.05, 4.69) is 15.0 Å². The minimum atomic E-state index is -0.699. The highest BCUT2D eigenvalue weighted by Gasteiger charge is 2.10. The number of aromatic nitrogens is 2. The fraction of sp³-hybridized carbons (Fsp3) is 0.0833. The molecule has 1 aromatic heterocycles. The number of aliphatic imine (C=N–C) groups is 1. The predicted molar refractivity (Wildman–Crippen MR) is 68.1 cm³/mol. The van der Waals surface area contributed by atoms with Crippen LogP contribution in [0, 0.1) is 11.6 Å². The van der Waals surface area contributed by atoms with Gasteiger partial charge in [0, 0.05) is 6.20 Å². The summed E-state index contributed by atoms with van der Waals surface area (Å²) >= 11 is 1.26. The van der Waals surface area contributed by atoms with E-state index in [1.165, 1.54) is 36.3 Å². The zero-order valence-corrected chi connectivity index (χ0v) is 10.3. The molecule has 2 rings (SSSR count). The van der Waals surface area contributed by atoms with Crippen LogP contribution in [0.25, 0.3) is 0 Å². The van der Waals surface area contributed by atoms with E-state index in [4.69, 9.17) is 0 Å². The van der Waals surface area contributed by atoms with Crippen LogP contribution in [0.4, 0.5) is 14.5 Å². The Kier molecular flexibility index (Phi) is 3.99. The fourth-order valence-electron chi connectivity index (χ4n) is 1.32. The monoisotopic (exact) mass is 265 g/mol. The fourth-order valence-corrected chi connectivity index (χ4v) is 1.83. The third-order valence-electron chi connectivity index (χ3n) is 2.15. The van der Waals surface area contributed by atoms with Gasteiger partial charge >= 0.3 is 0 Å². The third-order valence-corrected chi connectivity index (χ3v) is 2.83. The molecule has 6 heteroatoms. The van der Waals surface area contributed by atoms with Crippen molar-refractivity contribution in [3.05, 3.63) is 54.1 Å². The normalized spacial score (nSPS) is 11.6. The van der Waals surface area contributed by atoms with E-state index in [0.29, 0.717) is 10.7 Å². The Morgan fingerprint density at radius 2 is 1.94 bits per heavy atom. The van der Waals surface area contributed by atoms with Gasteiger partial charge in [-0.05, 0) is 24.5 Å². The second-order valence-electron chi connectivity index (χ2n) is 3.29. The van der Waals surface area contributed by atoms with Crippen LogP contribution in [0.15, 0.2) is 41.8 Å². The molecule has 0 aliphatic rings. The van der Waals surface area contributed by atoms with Gasteiger partial charge in [-0.25, -0.2) is 23.7 Å². The number of hydrogen-bond acceptors (Lipinski definition) is 4. The summed E-state index contributed by atoms with van der Waals surface area (Å²) in [5.41, 5.74) is 0.223. The second kappa shape index (κ2) is 5.68. The van der Waals surface area contributed by atoms with Crippen molar-refractivity contribution in [2.75, 3.05) is 6.26 Å². The Balaban J connectivity index is 2.48. The minimum Gasteiger partial charge on any atom is -0.245 e. The molecule has 0 N–H and O–H groups in total. The molecule has 0 saturated carbocycles. The van der Waals surface area contributed by atoms with E-state index in [0.717, 1.165) is 0 Å². The van der Waals surface area contributed by atoms with Gasteiger partial charge in [-0.15, -0.1) is 11.8 Å². The molecule has 1 heterocycles. The van der Waals surface area contributed by atoms with Crippen LogP contribution >= 0.6 is 11.8 Å². The summed E-state index contributed by atoms with van der Waals surface area (Å²) in [4.78, 5) is 11.8. The molecule has 18 heavy (non-hydrogen) atoms. The van der Waals surface area contributed by atoms with Crippen LogP contribution in [-0.2, 0) is 0 Å². The molecule has 0 spiro atoms. The number of thioether (sulfide) groups is 1. The highest BCUT2D eigenvalue weighted by Crippen LogP contribution is 2.24. The largest absolute Gasteiger partial charge is 0.245 e. The first-order valence-corrected chi connectivity index (χ1v) is 6.28. The summed E-state index contributed by atoms with van der Waals surface area (Å²) in [6.07, 6.45) is 4.67. The third kappa shape index (κ3) is 2.70. The summed E-state index contributed by atoms with van der Waals surface area (Å²) in [6, 6.07) is 5.26. The maximum Gasteiger partial charge on any atom is 0.151 e. The number of hydrogen-bond donors (Lipinski definition) is 0. The first-order valence-electron chi connectivity index (χ1n) is 5.05. The van der Waals surface area contributed by atoms with Gasteiger partial charge in [0.15, 0.2) is 11.6 Å². The van der Waals surface area contributed by atoms with Gasteiger partial charge in [0.05, 0.1) is 5.69 Å². The van der Waals surface area contributed by atoms with Crippen molar-refractivity contribution in [2.24, 2.45) is 4.99 Å². The highest BCUT2D eigenvalue weighted by molar-refractivity contribution is 8.13. The van der Waals surface area contributed by atoms with Crippen LogP contribution in [0.3, 0.4) is 0 Å². The Labute approximate surface area is 107 Å².